The molecule has 0 radical (unpaired) electrons. The normalized spacial score (nSPS) is 16.8. The lowest BCUT2D eigenvalue weighted by Crippen LogP contribution is -2.28. The van der Waals surface area contributed by atoms with Crippen LogP contribution in [0.25, 0.3) is 10.9 Å². The first-order valence-electron chi connectivity index (χ1n) is 10.3. The minimum absolute atomic E-state index is 0.0437. The molecule has 11 heteroatoms. The van der Waals surface area contributed by atoms with Gasteiger partial charge in [0.25, 0.3) is 5.91 Å². The largest absolute Gasteiger partial charge is 0.321 e. The van der Waals surface area contributed by atoms with Gasteiger partial charge in [0.05, 0.1) is 5.52 Å². The number of amides is 1. The van der Waals surface area contributed by atoms with Crippen molar-refractivity contribution < 1.29 is 30.8 Å². The van der Waals surface area contributed by atoms with Crippen LogP contribution in [0, 0.1) is 17.6 Å². The highest BCUT2D eigenvalue weighted by atomic mass is 32.2. The first-order chi connectivity index (χ1) is 15.4. The SMILES string of the molecule is CS(=O)(=O)c1cc(NC(=O)c2c3ccc(F)cc3nn2CC2CCC(F)(F)CC2)ccc1F. The Morgan fingerprint density at radius 3 is 2.52 bits per heavy atom. The Labute approximate surface area is 187 Å². The van der Waals surface area contributed by atoms with Crippen LogP contribution in [0.15, 0.2) is 41.3 Å². The number of carbonyl (C=O) groups excluding carboxylic acids is 1. The van der Waals surface area contributed by atoms with Gasteiger partial charge in [-0.25, -0.2) is 26.0 Å². The van der Waals surface area contributed by atoms with Crippen molar-refractivity contribution in [3.05, 3.63) is 53.7 Å². The zero-order valence-corrected chi connectivity index (χ0v) is 18.4. The summed E-state index contributed by atoms with van der Waals surface area (Å²) >= 11 is 0. The summed E-state index contributed by atoms with van der Waals surface area (Å²) in [5.74, 6) is -5.01. The van der Waals surface area contributed by atoms with E-state index < -0.39 is 38.2 Å². The first-order valence-corrected chi connectivity index (χ1v) is 12.2. The molecule has 1 aliphatic carbocycles. The van der Waals surface area contributed by atoms with Crippen molar-refractivity contribution in [3.8, 4) is 0 Å². The van der Waals surface area contributed by atoms with Gasteiger partial charge < -0.3 is 5.32 Å². The predicted octanol–water partition coefficient (Wildman–Crippen LogP) is 4.80. The molecule has 1 saturated carbocycles. The van der Waals surface area contributed by atoms with Gasteiger partial charge in [-0.2, -0.15) is 5.10 Å². The molecule has 0 aliphatic heterocycles. The molecular weight excluding hydrogens is 462 g/mol. The second-order valence-electron chi connectivity index (χ2n) is 8.36. The van der Waals surface area contributed by atoms with Crippen LogP contribution in [-0.4, -0.2) is 36.3 Å². The van der Waals surface area contributed by atoms with Gasteiger partial charge >= 0.3 is 0 Å². The molecule has 4 rings (SSSR count). The number of nitrogens with one attached hydrogen (secondary N) is 1. The smallest absolute Gasteiger partial charge is 0.274 e. The number of fused-ring (bicyclic) bond motifs is 1. The van der Waals surface area contributed by atoms with E-state index in [2.05, 4.69) is 10.4 Å². The lowest BCUT2D eigenvalue weighted by Gasteiger charge is -2.28. The molecule has 0 saturated heterocycles. The number of rotatable bonds is 5. The number of hydrogen-bond donors (Lipinski definition) is 1. The Balaban J connectivity index is 1.67. The zero-order chi connectivity index (χ0) is 24.0. The van der Waals surface area contributed by atoms with Gasteiger partial charge in [-0.1, -0.05) is 0 Å². The highest BCUT2D eigenvalue weighted by Crippen LogP contribution is 2.37. The van der Waals surface area contributed by atoms with Gasteiger partial charge in [0.1, 0.15) is 22.2 Å². The number of aromatic nitrogens is 2. The van der Waals surface area contributed by atoms with Crippen LogP contribution in [0.5, 0.6) is 0 Å². The molecule has 0 spiro atoms. The predicted molar refractivity (Wildman–Crippen MR) is 114 cm³/mol. The molecule has 1 heterocycles. The summed E-state index contributed by atoms with van der Waals surface area (Å²) in [6.07, 6.45) is 0.862. The van der Waals surface area contributed by atoms with Crippen molar-refractivity contribution >= 4 is 32.3 Å². The number of nitrogens with zero attached hydrogens (tertiary/aromatic N) is 2. The molecule has 3 aromatic rings. The van der Waals surface area contributed by atoms with E-state index in [-0.39, 0.29) is 55.0 Å². The van der Waals surface area contributed by atoms with Gasteiger partial charge in [0, 0.05) is 42.8 Å². The standard InChI is InChI=1S/C22H21F4N3O3S/c1-33(31,32)19-11-15(3-5-17(19)24)27-21(30)20-16-4-2-14(23)10-18(16)28-29(20)12-13-6-8-22(25,26)9-7-13/h2-5,10-11,13H,6-9,12H2,1H3,(H,27,30). The Kier molecular flexibility index (Phi) is 5.94. The summed E-state index contributed by atoms with van der Waals surface area (Å²) in [7, 11) is -3.87. The number of carbonyl (C=O) groups is 1. The number of benzene rings is 2. The topological polar surface area (TPSA) is 81.1 Å². The summed E-state index contributed by atoms with van der Waals surface area (Å²) in [6.45, 7) is 0.188. The lowest BCUT2D eigenvalue weighted by atomic mass is 9.87. The molecule has 2 aromatic carbocycles. The molecule has 1 fully saturated rings. The van der Waals surface area contributed by atoms with Crippen LogP contribution in [0.3, 0.4) is 0 Å². The summed E-state index contributed by atoms with van der Waals surface area (Å²) in [6, 6.07) is 6.88. The average Bonchev–Trinajstić information content (AvgIpc) is 3.07. The highest BCUT2D eigenvalue weighted by molar-refractivity contribution is 7.90. The van der Waals surface area contributed by atoms with Gasteiger partial charge in [0.15, 0.2) is 9.84 Å². The van der Waals surface area contributed by atoms with Crippen LogP contribution < -0.4 is 5.32 Å². The van der Waals surface area contributed by atoms with E-state index in [1.807, 2.05) is 0 Å². The maximum absolute atomic E-state index is 13.9. The molecule has 0 atom stereocenters. The molecule has 0 unspecified atom stereocenters. The van der Waals surface area contributed by atoms with E-state index in [1.54, 1.807) is 0 Å². The van der Waals surface area contributed by atoms with Crippen LogP contribution in [0.4, 0.5) is 23.2 Å². The van der Waals surface area contributed by atoms with Crippen molar-refractivity contribution in [3.63, 3.8) is 0 Å². The van der Waals surface area contributed by atoms with Gasteiger partial charge in [0.2, 0.25) is 5.92 Å². The lowest BCUT2D eigenvalue weighted by molar-refractivity contribution is -0.0476. The second-order valence-corrected chi connectivity index (χ2v) is 10.3. The maximum atomic E-state index is 13.9. The number of anilines is 1. The monoisotopic (exact) mass is 483 g/mol. The molecule has 1 amide bonds. The van der Waals surface area contributed by atoms with Crippen LogP contribution in [0.2, 0.25) is 0 Å². The van der Waals surface area contributed by atoms with E-state index in [1.165, 1.54) is 22.9 Å². The molecule has 0 bridgehead atoms. The van der Waals surface area contributed by atoms with Gasteiger partial charge in [-0.15, -0.1) is 0 Å². The van der Waals surface area contributed by atoms with Gasteiger partial charge in [-0.05, 0) is 49.1 Å². The Morgan fingerprint density at radius 2 is 1.85 bits per heavy atom. The summed E-state index contributed by atoms with van der Waals surface area (Å²) in [5, 5.41) is 7.19. The van der Waals surface area contributed by atoms with Crippen molar-refractivity contribution in [2.45, 2.75) is 43.0 Å². The summed E-state index contributed by atoms with van der Waals surface area (Å²) < 4.78 is 79.7. The third-order valence-electron chi connectivity index (χ3n) is 5.77. The molecule has 6 nitrogen and oxygen atoms in total. The minimum Gasteiger partial charge on any atom is -0.321 e. The highest BCUT2D eigenvalue weighted by Gasteiger charge is 2.35. The Bertz CT molecular complexity index is 1330. The van der Waals surface area contributed by atoms with E-state index in [0.717, 1.165) is 24.5 Å². The number of alkyl halides is 2. The van der Waals surface area contributed by atoms with Crippen LogP contribution in [-0.2, 0) is 16.4 Å². The molecule has 176 valence electrons. The zero-order valence-electron chi connectivity index (χ0n) is 17.6. The molecular formula is C22H21F4N3O3S. The van der Waals surface area contributed by atoms with Gasteiger partial charge in [-0.3, -0.25) is 9.48 Å². The van der Waals surface area contributed by atoms with Crippen molar-refractivity contribution in [2.75, 3.05) is 11.6 Å². The fraction of sp³-hybridized carbons (Fsp3) is 0.364. The second kappa shape index (κ2) is 8.44. The molecule has 1 aliphatic rings. The van der Waals surface area contributed by atoms with Crippen LogP contribution >= 0.6 is 0 Å². The third-order valence-corrected chi connectivity index (χ3v) is 6.88. The fourth-order valence-corrected chi connectivity index (χ4v) is 4.82. The van der Waals surface area contributed by atoms with Crippen molar-refractivity contribution in [1.82, 2.24) is 9.78 Å². The summed E-state index contributed by atoms with van der Waals surface area (Å²) in [4.78, 5) is 12.6. The quantitative estimate of drug-likeness (QED) is 0.529. The number of sulfone groups is 1. The average molecular weight is 483 g/mol. The third kappa shape index (κ3) is 5.02. The van der Waals surface area contributed by atoms with E-state index >= 15 is 0 Å². The maximum Gasteiger partial charge on any atom is 0.274 e. The van der Waals surface area contributed by atoms with Crippen molar-refractivity contribution in [1.29, 1.82) is 0 Å². The minimum atomic E-state index is -3.87. The summed E-state index contributed by atoms with van der Waals surface area (Å²) in [5.41, 5.74) is 0.340. The van der Waals surface area contributed by atoms with Crippen LogP contribution in [0.1, 0.15) is 36.2 Å². The van der Waals surface area contributed by atoms with E-state index in [9.17, 15) is 30.8 Å². The molecule has 1 N–H and O–H groups in total. The molecule has 33 heavy (non-hydrogen) atoms. The number of hydrogen-bond acceptors (Lipinski definition) is 4. The Morgan fingerprint density at radius 1 is 1.15 bits per heavy atom. The molecule has 1 aromatic heterocycles. The first kappa shape index (κ1) is 23.2. The van der Waals surface area contributed by atoms with Crippen molar-refractivity contribution in [2.24, 2.45) is 5.92 Å². The fourth-order valence-electron chi connectivity index (χ4n) is 4.06. The Hall–Kier alpha value is -2.95. The van der Waals surface area contributed by atoms with E-state index in [0.29, 0.717) is 5.39 Å². The number of halogens is 4. The van der Waals surface area contributed by atoms with E-state index in [4.69, 9.17) is 0 Å².